The highest BCUT2D eigenvalue weighted by atomic mass is 35.5. The van der Waals surface area contributed by atoms with Crippen molar-refractivity contribution in [2.45, 2.75) is 45.6 Å². The van der Waals surface area contributed by atoms with Crippen LogP contribution in [0.25, 0.3) is 0 Å². The fourth-order valence-corrected chi connectivity index (χ4v) is 4.73. The fourth-order valence-electron chi connectivity index (χ4n) is 3.08. The summed E-state index contributed by atoms with van der Waals surface area (Å²) >= 11 is 6.15. The summed E-state index contributed by atoms with van der Waals surface area (Å²) in [5.41, 5.74) is 1.50. The molecule has 2 aromatic carbocycles. The molecule has 0 fully saturated rings. The quantitative estimate of drug-likeness (QED) is 0.669. The average Bonchev–Trinajstić information content (AvgIpc) is 2.61. The van der Waals surface area contributed by atoms with E-state index >= 15 is 0 Å². The Morgan fingerprint density at radius 3 is 2.18 bits per heavy atom. The number of anilines is 1. The van der Waals surface area contributed by atoms with Gasteiger partial charge in [0.1, 0.15) is 4.90 Å². The number of hydrogen-bond acceptors (Lipinski definition) is 3. The Labute approximate surface area is 172 Å². The first-order valence-electron chi connectivity index (χ1n) is 9.21. The molecule has 2 rings (SSSR count). The largest absolute Gasteiger partial charge is 0.349 e. The van der Waals surface area contributed by atoms with Gasteiger partial charge in [0.15, 0.2) is 0 Å². The minimum absolute atomic E-state index is 0.0201. The van der Waals surface area contributed by atoms with Crippen molar-refractivity contribution in [1.29, 1.82) is 0 Å². The third-order valence-corrected chi connectivity index (χ3v) is 6.45. The normalized spacial score (nSPS) is 11.9. The van der Waals surface area contributed by atoms with Gasteiger partial charge in [-0.05, 0) is 48.6 Å². The van der Waals surface area contributed by atoms with Crippen LogP contribution in [-0.4, -0.2) is 20.4 Å². The van der Waals surface area contributed by atoms with Crippen molar-refractivity contribution < 1.29 is 13.2 Å². The molecule has 0 heterocycles. The summed E-state index contributed by atoms with van der Waals surface area (Å²) in [6, 6.07) is 11.3. The molecule has 7 heteroatoms. The molecule has 0 aromatic heterocycles. The Morgan fingerprint density at radius 2 is 1.61 bits per heavy atom. The minimum atomic E-state index is -3.95. The van der Waals surface area contributed by atoms with E-state index in [0.717, 1.165) is 5.56 Å². The maximum absolute atomic E-state index is 12.9. The van der Waals surface area contributed by atoms with Crippen LogP contribution in [0.15, 0.2) is 47.4 Å². The number of para-hydroxylation sites is 1. The zero-order valence-corrected chi connectivity index (χ0v) is 18.4. The van der Waals surface area contributed by atoms with E-state index in [1.54, 1.807) is 25.1 Å². The molecule has 0 aliphatic heterocycles. The van der Waals surface area contributed by atoms with Crippen LogP contribution in [-0.2, 0) is 10.0 Å². The summed E-state index contributed by atoms with van der Waals surface area (Å²) in [7, 11) is -3.95. The molecule has 2 aromatic rings. The number of sulfonamides is 1. The van der Waals surface area contributed by atoms with Crippen molar-refractivity contribution in [3.8, 4) is 0 Å². The number of carbonyl (C=O) groups is 1. The highest BCUT2D eigenvalue weighted by Crippen LogP contribution is 2.26. The van der Waals surface area contributed by atoms with Crippen LogP contribution < -0.4 is 10.0 Å². The van der Waals surface area contributed by atoms with Crippen LogP contribution in [0, 0.1) is 18.8 Å². The molecule has 0 saturated heterocycles. The van der Waals surface area contributed by atoms with E-state index in [9.17, 15) is 13.2 Å². The lowest BCUT2D eigenvalue weighted by Gasteiger charge is -2.26. The molecular weight excluding hydrogens is 396 g/mol. The summed E-state index contributed by atoms with van der Waals surface area (Å²) in [6.45, 7) is 9.95. The molecular formula is C21H27ClN2O3S. The lowest BCUT2D eigenvalue weighted by Crippen LogP contribution is -2.42. The molecule has 0 atom stereocenters. The van der Waals surface area contributed by atoms with Gasteiger partial charge in [-0.25, -0.2) is 8.42 Å². The van der Waals surface area contributed by atoms with Gasteiger partial charge >= 0.3 is 0 Å². The molecule has 0 spiro atoms. The topological polar surface area (TPSA) is 75.3 Å². The number of rotatable bonds is 7. The van der Waals surface area contributed by atoms with E-state index in [4.69, 9.17) is 11.6 Å². The number of carbonyl (C=O) groups excluding carboxylic acids is 1. The second-order valence-electron chi connectivity index (χ2n) is 7.55. The van der Waals surface area contributed by atoms with Crippen LogP contribution >= 0.6 is 11.6 Å². The van der Waals surface area contributed by atoms with Gasteiger partial charge < -0.3 is 5.32 Å². The molecule has 1 amide bonds. The van der Waals surface area contributed by atoms with Crippen molar-refractivity contribution in [3.05, 3.63) is 58.6 Å². The standard InChI is InChI=1S/C21H27ClN2O3S/c1-13(2)20(14(3)4)23-21(25)16-10-11-17(22)19(12-16)28(26,27)24-18-9-7-6-8-15(18)5/h6-14,20,24H,1-5H3,(H,23,25). The Morgan fingerprint density at radius 1 is 1.00 bits per heavy atom. The molecule has 0 aliphatic carbocycles. The number of nitrogens with one attached hydrogen (secondary N) is 2. The van der Waals surface area contributed by atoms with Gasteiger partial charge in [0.25, 0.3) is 15.9 Å². The average molecular weight is 423 g/mol. The molecule has 0 aliphatic rings. The summed E-state index contributed by atoms with van der Waals surface area (Å²) in [5.74, 6) is 0.181. The van der Waals surface area contributed by atoms with Gasteiger partial charge in [0.05, 0.1) is 10.7 Å². The van der Waals surface area contributed by atoms with Crippen LogP contribution in [0.4, 0.5) is 5.69 Å². The smallest absolute Gasteiger partial charge is 0.263 e. The minimum Gasteiger partial charge on any atom is -0.349 e. The molecule has 0 saturated carbocycles. The molecule has 2 N–H and O–H groups in total. The van der Waals surface area contributed by atoms with E-state index in [1.165, 1.54) is 18.2 Å². The summed E-state index contributed by atoms with van der Waals surface area (Å²) in [6.07, 6.45) is 0. The second kappa shape index (κ2) is 8.97. The monoisotopic (exact) mass is 422 g/mol. The zero-order chi connectivity index (χ0) is 21.1. The molecule has 28 heavy (non-hydrogen) atoms. The molecule has 5 nitrogen and oxygen atoms in total. The van der Waals surface area contributed by atoms with Crippen molar-refractivity contribution in [2.75, 3.05) is 4.72 Å². The van der Waals surface area contributed by atoms with Crippen LogP contribution in [0.3, 0.4) is 0 Å². The predicted octanol–water partition coefficient (Wildman–Crippen LogP) is 4.86. The maximum atomic E-state index is 12.9. The first kappa shape index (κ1) is 22.2. The first-order valence-corrected chi connectivity index (χ1v) is 11.1. The number of halogens is 1. The lowest BCUT2D eigenvalue weighted by atomic mass is 9.93. The number of amides is 1. The number of benzene rings is 2. The van der Waals surface area contributed by atoms with E-state index in [-0.39, 0.29) is 39.3 Å². The van der Waals surface area contributed by atoms with Gasteiger partial charge in [0, 0.05) is 11.6 Å². The SMILES string of the molecule is Cc1ccccc1NS(=O)(=O)c1cc(C(=O)NC(C(C)C)C(C)C)ccc1Cl. The van der Waals surface area contributed by atoms with E-state index in [2.05, 4.69) is 10.0 Å². The Kier molecular flexibility index (Phi) is 7.12. The number of aryl methyl sites for hydroxylation is 1. The predicted molar refractivity (Wildman–Crippen MR) is 114 cm³/mol. The van der Waals surface area contributed by atoms with Crippen LogP contribution in [0.1, 0.15) is 43.6 Å². The van der Waals surface area contributed by atoms with Gasteiger partial charge in [-0.3, -0.25) is 9.52 Å². The lowest BCUT2D eigenvalue weighted by molar-refractivity contribution is 0.0910. The van der Waals surface area contributed by atoms with Crippen LogP contribution in [0.2, 0.25) is 5.02 Å². The van der Waals surface area contributed by atoms with Crippen molar-refractivity contribution in [2.24, 2.45) is 11.8 Å². The highest BCUT2D eigenvalue weighted by molar-refractivity contribution is 7.92. The second-order valence-corrected chi connectivity index (χ2v) is 9.61. The Balaban J connectivity index is 2.34. The van der Waals surface area contributed by atoms with Gasteiger partial charge in [0.2, 0.25) is 0 Å². The van der Waals surface area contributed by atoms with Gasteiger partial charge in [-0.15, -0.1) is 0 Å². The third-order valence-electron chi connectivity index (χ3n) is 4.61. The summed E-state index contributed by atoms with van der Waals surface area (Å²) in [5, 5.41) is 3.05. The molecule has 0 radical (unpaired) electrons. The first-order chi connectivity index (χ1) is 13.0. The fraction of sp³-hybridized carbons (Fsp3) is 0.381. The number of hydrogen-bond donors (Lipinski definition) is 2. The Bertz CT molecular complexity index is 948. The van der Waals surface area contributed by atoms with E-state index < -0.39 is 10.0 Å². The van der Waals surface area contributed by atoms with Gasteiger partial charge in [-0.1, -0.05) is 57.5 Å². The summed E-state index contributed by atoms with van der Waals surface area (Å²) < 4.78 is 28.3. The zero-order valence-electron chi connectivity index (χ0n) is 16.8. The van der Waals surface area contributed by atoms with E-state index in [0.29, 0.717) is 5.69 Å². The summed E-state index contributed by atoms with van der Waals surface area (Å²) in [4.78, 5) is 12.6. The van der Waals surface area contributed by atoms with Gasteiger partial charge in [-0.2, -0.15) is 0 Å². The Hall–Kier alpha value is -2.05. The van der Waals surface area contributed by atoms with E-state index in [1.807, 2.05) is 33.8 Å². The molecule has 0 bridgehead atoms. The van der Waals surface area contributed by atoms with Crippen molar-refractivity contribution in [3.63, 3.8) is 0 Å². The molecule has 152 valence electrons. The highest BCUT2D eigenvalue weighted by Gasteiger charge is 2.24. The van der Waals surface area contributed by atoms with Crippen molar-refractivity contribution >= 4 is 33.2 Å². The maximum Gasteiger partial charge on any atom is 0.263 e. The van der Waals surface area contributed by atoms with Crippen molar-refractivity contribution in [1.82, 2.24) is 5.32 Å². The van der Waals surface area contributed by atoms with Crippen LogP contribution in [0.5, 0.6) is 0 Å². The third kappa shape index (κ3) is 5.26. The molecule has 0 unspecified atom stereocenters.